The molecule has 0 saturated heterocycles. The normalized spacial score (nSPS) is 17.0. The van der Waals surface area contributed by atoms with Gasteiger partial charge < -0.3 is 0 Å². The number of aromatic nitrogens is 2. The van der Waals surface area contributed by atoms with Crippen molar-refractivity contribution in [2.45, 2.75) is 52.4 Å². The Kier molecular flexibility index (Phi) is 3.28. The molecule has 2 heterocycles. The van der Waals surface area contributed by atoms with E-state index in [1.165, 1.54) is 39.2 Å². The molecule has 0 spiro atoms. The van der Waals surface area contributed by atoms with Gasteiger partial charge in [-0.2, -0.15) is 5.10 Å². The maximum atomic E-state index is 4.81. The Morgan fingerprint density at radius 1 is 0.840 bits per heavy atom. The highest BCUT2D eigenvalue weighted by molar-refractivity contribution is 5.71. The Morgan fingerprint density at radius 2 is 1.48 bits per heavy atom. The average molecular weight is 330 g/mol. The number of hydrogen-bond acceptors (Lipinski definition) is 1. The van der Waals surface area contributed by atoms with Gasteiger partial charge in [0.1, 0.15) is 0 Å². The van der Waals surface area contributed by atoms with E-state index >= 15 is 0 Å². The molecule has 2 nitrogen and oxygen atoms in total. The Bertz CT molecular complexity index is 953. The van der Waals surface area contributed by atoms with Gasteiger partial charge in [-0.3, -0.25) is 0 Å². The van der Waals surface area contributed by atoms with E-state index < -0.39 is 0 Å². The average Bonchev–Trinajstić information content (AvgIpc) is 2.98. The molecule has 2 heteroatoms. The number of benzene rings is 2. The summed E-state index contributed by atoms with van der Waals surface area (Å²) in [6, 6.07) is 15.4. The Balaban J connectivity index is 2.06. The summed E-state index contributed by atoms with van der Waals surface area (Å²) in [5, 5.41) is 4.81. The first-order valence-corrected chi connectivity index (χ1v) is 9.00. The van der Waals surface area contributed by atoms with Crippen LogP contribution < -0.4 is 0 Å². The van der Waals surface area contributed by atoms with Crippen LogP contribution in [0.4, 0.5) is 0 Å². The van der Waals surface area contributed by atoms with E-state index in [1.807, 2.05) is 6.20 Å². The molecule has 2 aromatic carbocycles. The van der Waals surface area contributed by atoms with Crippen molar-refractivity contribution in [3.8, 4) is 16.8 Å². The minimum Gasteiger partial charge on any atom is -0.236 e. The first-order chi connectivity index (χ1) is 11.7. The van der Waals surface area contributed by atoms with Crippen molar-refractivity contribution in [3.63, 3.8) is 0 Å². The second-order valence-corrected chi connectivity index (χ2v) is 8.46. The fourth-order valence-corrected chi connectivity index (χ4v) is 4.29. The first-order valence-electron chi connectivity index (χ1n) is 9.00. The third-order valence-corrected chi connectivity index (χ3v) is 6.26. The molecule has 25 heavy (non-hydrogen) atoms. The summed E-state index contributed by atoms with van der Waals surface area (Å²) in [4.78, 5) is 0. The second-order valence-electron chi connectivity index (χ2n) is 8.46. The molecule has 1 aromatic heterocycles. The number of para-hydroxylation sites is 1. The number of nitrogens with zero attached hydrogens (tertiary/aromatic N) is 2. The summed E-state index contributed by atoms with van der Waals surface area (Å²) in [5.41, 5.74) is 8.96. The van der Waals surface area contributed by atoms with Gasteiger partial charge in [-0.25, -0.2) is 4.68 Å². The van der Waals surface area contributed by atoms with Gasteiger partial charge >= 0.3 is 0 Å². The summed E-state index contributed by atoms with van der Waals surface area (Å²) in [6.07, 6.45) is 2.05. The van der Waals surface area contributed by atoms with Crippen LogP contribution in [0.5, 0.6) is 0 Å². The molecule has 0 unspecified atom stereocenters. The van der Waals surface area contributed by atoms with Crippen LogP contribution in [0.3, 0.4) is 0 Å². The minimum atomic E-state index is -0.0369. The predicted molar refractivity (Wildman–Crippen MR) is 105 cm³/mol. The van der Waals surface area contributed by atoms with Crippen LogP contribution in [0.1, 0.15) is 50.1 Å². The van der Waals surface area contributed by atoms with Crippen LogP contribution in [0.25, 0.3) is 16.8 Å². The molecular formula is C23H26N2. The molecule has 0 saturated carbocycles. The van der Waals surface area contributed by atoms with Crippen LogP contribution in [-0.2, 0) is 10.8 Å². The van der Waals surface area contributed by atoms with E-state index in [0.29, 0.717) is 0 Å². The summed E-state index contributed by atoms with van der Waals surface area (Å²) >= 11 is 0. The fourth-order valence-electron chi connectivity index (χ4n) is 4.29. The summed E-state index contributed by atoms with van der Waals surface area (Å²) in [5.74, 6) is 0. The van der Waals surface area contributed by atoms with E-state index in [4.69, 9.17) is 5.10 Å². The zero-order valence-corrected chi connectivity index (χ0v) is 16.0. The molecule has 0 aliphatic carbocycles. The standard InChI is InChI=1S/C23H26N2/c1-15-11-16(2)13-17(12-15)18-14-24-25-20-10-8-7-9-19(20)22(3,4)23(5,6)21(18)25/h7-14H,1-6H3. The zero-order valence-electron chi connectivity index (χ0n) is 16.0. The highest BCUT2D eigenvalue weighted by Crippen LogP contribution is 2.52. The van der Waals surface area contributed by atoms with Crippen LogP contribution in [0.2, 0.25) is 0 Å². The molecule has 1 aliphatic rings. The van der Waals surface area contributed by atoms with Gasteiger partial charge in [0.05, 0.1) is 17.6 Å². The van der Waals surface area contributed by atoms with Gasteiger partial charge in [-0.05, 0) is 31.0 Å². The maximum Gasteiger partial charge on any atom is 0.0687 e. The number of aryl methyl sites for hydroxylation is 2. The van der Waals surface area contributed by atoms with Crippen molar-refractivity contribution >= 4 is 0 Å². The Labute approximate surface area is 150 Å². The maximum absolute atomic E-state index is 4.81. The van der Waals surface area contributed by atoms with E-state index in [1.54, 1.807) is 0 Å². The lowest BCUT2D eigenvalue weighted by Gasteiger charge is -2.47. The fraction of sp³-hybridized carbons (Fsp3) is 0.348. The smallest absolute Gasteiger partial charge is 0.0687 e. The number of fused-ring (bicyclic) bond motifs is 3. The van der Waals surface area contributed by atoms with Gasteiger partial charge in [0.25, 0.3) is 0 Å². The third-order valence-electron chi connectivity index (χ3n) is 6.26. The topological polar surface area (TPSA) is 17.8 Å². The number of hydrogen-bond donors (Lipinski definition) is 0. The van der Waals surface area contributed by atoms with Crippen LogP contribution in [0.15, 0.2) is 48.7 Å². The number of rotatable bonds is 1. The molecule has 128 valence electrons. The molecule has 3 aromatic rings. The van der Waals surface area contributed by atoms with Gasteiger partial charge in [0.2, 0.25) is 0 Å². The monoisotopic (exact) mass is 330 g/mol. The van der Waals surface area contributed by atoms with Crippen LogP contribution in [-0.4, -0.2) is 9.78 Å². The van der Waals surface area contributed by atoms with Crippen LogP contribution >= 0.6 is 0 Å². The Hall–Kier alpha value is -2.35. The van der Waals surface area contributed by atoms with Crippen molar-refractivity contribution in [1.82, 2.24) is 9.78 Å². The van der Waals surface area contributed by atoms with Crippen LogP contribution in [0, 0.1) is 13.8 Å². The van der Waals surface area contributed by atoms with E-state index in [0.717, 1.165) is 0 Å². The Morgan fingerprint density at radius 3 is 2.16 bits per heavy atom. The quantitative estimate of drug-likeness (QED) is 0.557. The van der Waals surface area contributed by atoms with Gasteiger partial charge in [0, 0.05) is 16.4 Å². The van der Waals surface area contributed by atoms with Gasteiger partial charge in [0.15, 0.2) is 0 Å². The van der Waals surface area contributed by atoms with E-state index in [2.05, 4.69) is 88.7 Å². The third kappa shape index (κ3) is 2.13. The molecule has 1 aliphatic heterocycles. The highest BCUT2D eigenvalue weighted by Gasteiger charge is 2.48. The molecule has 4 rings (SSSR count). The molecular weight excluding hydrogens is 304 g/mol. The van der Waals surface area contributed by atoms with Gasteiger partial charge in [-0.1, -0.05) is 75.2 Å². The van der Waals surface area contributed by atoms with Crippen molar-refractivity contribution in [2.24, 2.45) is 0 Å². The molecule has 0 bridgehead atoms. The highest BCUT2D eigenvalue weighted by atomic mass is 15.3. The zero-order chi connectivity index (χ0) is 18.0. The van der Waals surface area contributed by atoms with E-state index in [-0.39, 0.29) is 10.8 Å². The molecule has 0 fully saturated rings. The SMILES string of the molecule is Cc1cc(C)cc(-c2cnn3c2C(C)(C)C(C)(C)c2ccccc2-3)c1. The van der Waals surface area contributed by atoms with Crippen molar-refractivity contribution in [2.75, 3.05) is 0 Å². The first kappa shape index (κ1) is 16.1. The molecule has 0 atom stereocenters. The van der Waals surface area contributed by atoms with E-state index in [9.17, 15) is 0 Å². The lowest BCUT2D eigenvalue weighted by atomic mass is 9.59. The minimum absolute atomic E-state index is 0.0211. The predicted octanol–water partition coefficient (Wildman–Crippen LogP) is 5.72. The second kappa shape index (κ2) is 5.08. The largest absolute Gasteiger partial charge is 0.236 e. The van der Waals surface area contributed by atoms with Gasteiger partial charge in [-0.15, -0.1) is 0 Å². The van der Waals surface area contributed by atoms with Crippen molar-refractivity contribution in [1.29, 1.82) is 0 Å². The molecule has 0 N–H and O–H groups in total. The molecule has 0 amide bonds. The summed E-state index contributed by atoms with van der Waals surface area (Å²) < 4.78 is 2.16. The summed E-state index contributed by atoms with van der Waals surface area (Å²) in [6.45, 7) is 13.7. The molecule has 0 radical (unpaired) electrons. The van der Waals surface area contributed by atoms with Crippen molar-refractivity contribution < 1.29 is 0 Å². The lowest BCUT2D eigenvalue weighted by molar-refractivity contribution is 0.276. The summed E-state index contributed by atoms with van der Waals surface area (Å²) in [7, 11) is 0. The lowest BCUT2D eigenvalue weighted by Crippen LogP contribution is -2.46. The van der Waals surface area contributed by atoms with Crippen molar-refractivity contribution in [3.05, 3.63) is 71.0 Å².